The van der Waals surface area contributed by atoms with Gasteiger partial charge in [-0.1, -0.05) is 37.6 Å². The standard InChI is InChI=1S/C14H16ClNS/c1-10(2)16-8-11-3-4-13(14(15)7-11)12-5-6-17-9-12/h3-7,9-10,16H,8H2,1-2H3. The topological polar surface area (TPSA) is 12.0 Å². The minimum atomic E-state index is 0.491. The monoisotopic (exact) mass is 265 g/mol. The summed E-state index contributed by atoms with van der Waals surface area (Å²) in [5.41, 5.74) is 3.53. The molecule has 17 heavy (non-hydrogen) atoms. The van der Waals surface area contributed by atoms with Crippen molar-refractivity contribution in [1.29, 1.82) is 0 Å². The molecule has 0 aliphatic rings. The summed E-state index contributed by atoms with van der Waals surface area (Å²) in [5, 5.41) is 8.40. The highest BCUT2D eigenvalue weighted by molar-refractivity contribution is 7.08. The highest BCUT2D eigenvalue weighted by Crippen LogP contribution is 2.30. The normalized spacial score (nSPS) is 11.1. The van der Waals surface area contributed by atoms with E-state index >= 15 is 0 Å². The van der Waals surface area contributed by atoms with Gasteiger partial charge >= 0.3 is 0 Å². The number of nitrogens with one attached hydrogen (secondary N) is 1. The first kappa shape index (κ1) is 12.6. The maximum atomic E-state index is 6.31. The van der Waals surface area contributed by atoms with Crippen LogP contribution in [0.1, 0.15) is 19.4 Å². The van der Waals surface area contributed by atoms with Crippen molar-refractivity contribution in [3.63, 3.8) is 0 Å². The third-order valence-corrected chi connectivity index (χ3v) is 3.58. The second-order valence-electron chi connectivity index (χ2n) is 4.36. The minimum Gasteiger partial charge on any atom is -0.310 e. The predicted molar refractivity (Wildman–Crippen MR) is 76.7 cm³/mol. The Hall–Kier alpha value is -0.830. The Labute approximate surface area is 111 Å². The maximum Gasteiger partial charge on any atom is 0.0487 e. The van der Waals surface area contributed by atoms with Crippen LogP contribution in [0.3, 0.4) is 0 Å². The van der Waals surface area contributed by atoms with Crippen molar-refractivity contribution in [2.45, 2.75) is 26.4 Å². The lowest BCUT2D eigenvalue weighted by Gasteiger charge is -2.09. The molecule has 1 nitrogen and oxygen atoms in total. The van der Waals surface area contributed by atoms with E-state index in [0.717, 1.165) is 17.1 Å². The van der Waals surface area contributed by atoms with E-state index in [4.69, 9.17) is 11.6 Å². The van der Waals surface area contributed by atoms with Gasteiger partial charge in [0.2, 0.25) is 0 Å². The molecule has 0 unspecified atom stereocenters. The fraction of sp³-hybridized carbons (Fsp3) is 0.286. The first-order valence-electron chi connectivity index (χ1n) is 5.71. The summed E-state index contributed by atoms with van der Waals surface area (Å²) in [5.74, 6) is 0. The zero-order valence-electron chi connectivity index (χ0n) is 10.0. The average molecular weight is 266 g/mol. The van der Waals surface area contributed by atoms with Gasteiger partial charge < -0.3 is 5.32 Å². The molecule has 0 spiro atoms. The van der Waals surface area contributed by atoms with Gasteiger partial charge in [-0.25, -0.2) is 0 Å². The molecule has 0 fully saturated rings. The Morgan fingerprint density at radius 2 is 2.12 bits per heavy atom. The highest BCUT2D eigenvalue weighted by Gasteiger charge is 2.05. The SMILES string of the molecule is CC(C)NCc1ccc(-c2ccsc2)c(Cl)c1. The van der Waals surface area contributed by atoms with Crippen LogP contribution in [0.4, 0.5) is 0 Å². The number of hydrogen-bond donors (Lipinski definition) is 1. The van der Waals surface area contributed by atoms with Gasteiger partial charge in [0.05, 0.1) is 0 Å². The van der Waals surface area contributed by atoms with Crippen LogP contribution >= 0.6 is 22.9 Å². The molecule has 1 N–H and O–H groups in total. The lowest BCUT2D eigenvalue weighted by atomic mass is 10.1. The summed E-state index contributed by atoms with van der Waals surface area (Å²) in [6.07, 6.45) is 0. The predicted octanol–water partition coefficient (Wildman–Crippen LogP) is 4.57. The van der Waals surface area contributed by atoms with Crippen LogP contribution < -0.4 is 5.32 Å². The van der Waals surface area contributed by atoms with Crippen LogP contribution in [-0.2, 0) is 6.54 Å². The van der Waals surface area contributed by atoms with Crippen LogP contribution in [0.15, 0.2) is 35.0 Å². The molecule has 2 rings (SSSR count). The molecule has 0 radical (unpaired) electrons. The summed E-state index contributed by atoms with van der Waals surface area (Å²) < 4.78 is 0. The smallest absolute Gasteiger partial charge is 0.0487 e. The molecular formula is C14H16ClNS. The Bertz CT molecular complexity index is 477. The quantitative estimate of drug-likeness (QED) is 0.854. The summed E-state index contributed by atoms with van der Waals surface area (Å²) in [6, 6.07) is 8.86. The van der Waals surface area contributed by atoms with Gasteiger partial charge in [0.1, 0.15) is 0 Å². The van der Waals surface area contributed by atoms with Crippen LogP contribution in [0.2, 0.25) is 5.02 Å². The zero-order chi connectivity index (χ0) is 12.3. The van der Waals surface area contributed by atoms with Crippen molar-refractivity contribution in [3.05, 3.63) is 45.6 Å². The molecule has 0 aliphatic carbocycles. The van der Waals surface area contributed by atoms with Crippen molar-refractivity contribution < 1.29 is 0 Å². The molecule has 1 heterocycles. The van der Waals surface area contributed by atoms with E-state index < -0.39 is 0 Å². The largest absolute Gasteiger partial charge is 0.310 e. The van der Waals surface area contributed by atoms with Gasteiger partial charge in [-0.3, -0.25) is 0 Å². The van der Waals surface area contributed by atoms with Gasteiger partial charge in [0.15, 0.2) is 0 Å². The molecule has 0 saturated heterocycles. The van der Waals surface area contributed by atoms with E-state index in [-0.39, 0.29) is 0 Å². The summed E-state index contributed by atoms with van der Waals surface area (Å²) in [6.45, 7) is 5.14. The Morgan fingerprint density at radius 1 is 1.29 bits per heavy atom. The van der Waals surface area contributed by atoms with Crippen molar-refractivity contribution >= 4 is 22.9 Å². The van der Waals surface area contributed by atoms with Crippen molar-refractivity contribution in [2.75, 3.05) is 0 Å². The van der Waals surface area contributed by atoms with E-state index in [1.807, 2.05) is 6.07 Å². The van der Waals surface area contributed by atoms with Crippen molar-refractivity contribution in [1.82, 2.24) is 5.32 Å². The number of halogens is 1. The van der Waals surface area contributed by atoms with Crippen LogP contribution in [-0.4, -0.2) is 6.04 Å². The molecule has 0 atom stereocenters. The third kappa shape index (κ3) is 3.32. The molecule has 1 aromatic heterocycles. The van der Waals surface area contributed by atoms with Crippen LogP contribution in [0.25, 0.3) is 11.1 Å². The zero-order valence-corrected chi connectivity index (χ0v) is 11.6. The average Bonchev–Trinajstić information content (AvgIpc) is 2.79. The molecule has 90 valence electrons. The summed E-state index contributed by atoms with van der Waals surface area (Å²) in [4.78, 5) is 0. The Kier molecular flexibility index (Phi) is 4.21. The molecule has 2 aromatic rings. The number of thiophene rings is 1. The second-order valence-corrected chi connectivity index (χ2v) is 5.55. The van der Waals surface area contributed by atoms with Crippen LogP contribution in [0, 0.1) is 0 Å². The lowest BCUT2D eigenvalue weighted by Crippen LogP contribution is -2.21. The first-order valence-corrected chi connectivity index (χ1v) is 7.03. The number of rotatable bonds is 4. The first-order chi connectivity index (χ1) is 8.16. The van der Waals surface area contributed by atoms with Gasteiger partial charge in [-0.05, 0) is 34.0 Å². The van der Waals surface area contributed by atoms with Gasteiger partial charge in [0.25, 0.3) is 0 Å². The van der Waals surface area contributed by atoms with E-state index in [2.05, 4.69) is 48.1 Å². The molecule has 0 saturated carbocycles. The number of hydrogen-bond acceptors (Lipinski definition) is 2. The van der Waals surface area contributed by atoms with Crippen LogP contribution in [0.5, 0.6) is 0 Å². The van der Waals surface area contributed by atoms with E-state index in [9.17, 15) is 0 Å². The summed E-state index contributed by atoms with van der Waals surface area (Å²) in [7, 11) is 0. The molecular weight excluding hydrogens is 250 g/mol. The second kappa shape index (κ2) is 5.67. The maximum absolute atomic E-state index is 6.31. The van der Waals surface area contributed by atoms with E-state index in [1.54, 1.807) is 11.3 Å². The summed E-state index contributed by atoms with van der Waals surface area (Å²) >= 11 is 8.00. The van der Waals surface area contributed by atoms with E-state index in [1.165, 1.54) is 11.1 Å². The molecule has 1 aromatic carbocycles. The van der Waals surface area contributed by atoms with Crippen molar-refractivity contribution in [3.8, 4) is 11.1 Å². The van der Waals surface area contributed by atoms with Gasteiger partial charge in [-0.15, -0.1) is 0 Å². The van der Waals surface area contributed by atoms with Gasteiger partial charge in [-0.2, -0.15) is 11.3 Å². The minimum absolute atomic E-state index is 0.491. The van der Waals surface area contributed by atoms with Gasteiger partial charge in [0, 0.05) is 23.2 Å². The van der Waals surface area contributed by atoms with E-state index in [0.29, 0.717) is 6.04 Å². The fourth-order valence-electron chi connectivity index (χ4n) is 1.64. The van der Waals surface area contributed by atoms with Crippen molar-refractivity contribution in [2.24, 2.45) is 0 Å². The molecule has 0 bridgehead atoms. The lowest BCUT2D eigenvalue weighted by molar-refractivity contribution is 0.589. The Morgan fingerprint density at radius 3 is 2.71 bits per heavy atom. The molecule has 0 aliphatic heterocycles. The fourth-order valence-corrected chi connectivity index (χ4v) is 2.61. The highest BCUT2D eigenvalue weighted by atomic mass is 35.5. The Balaban J connectivity index is 2.17. The molecule has 0 amide bonds. The number of benzene rings is 1. The molecule has 3 heteroatoms. The third-order valence-electron chi connectivity index (χ3n) is 2.58.